The van der Waals surface area contributed by atoms with Crippen molar-refractivity contribution in [2.75, 3.05) is 31.6 Å². The van der Waals surface area contributed by atoms with Gasteiger partial charge in [0.05, 0.1) is 12.1 Å². The lowest BCUT2D eigenvalue weighted by molar-refractivity contribution is 0.410. The van der Waals surface area contributed by atoms with Gasteiger partial charge in [-0.15, -0.1) is 0 Å². The van der Waals surface area contributed by atoms with Gasteiger partial charge < -0.3 is 15.0 Å². The van der Waals surface area contributed by atoms with Gasteiger partial charge in [0, 0.05) is 37.4 Å². The monoisotopic (exact) mass is 266 g/mol. The number of methoxy groups -OCH3 is 1. The molecular formula is C14H19ClN2O. The van der Waals surface area contributed by atoms with Crippen LogP contribution in [0.4, 0.5) is 5.69 Å². The summed E-state index contributed by atoms with van der Waals surface area (Å²) in [4.78, 5) is 2.43. The molecule has 3 rings (SSSR count). The molecule has 98 valence electrons. The van der Waals surface area contributed by atoms with Gasteiger partial charge in [-0.25, -0.2) is 0 Å². The van der Waals surface area contributed by atoms with Crippen LogP contribution >= 0.6 is 11.6 Å². The molecule has 1 aliphatic heterocycles. The van der Waals surface area contributed by atoms with E-state index < -0.39 is 0 Å². The third-order valence-electron chi connectivity index (χ3n) is 3.90. The fraction of sp³-hybridized carbons (Fsp3) is 0.571. The lowest BCUT2D eigenvalue weighted by Gasteiger charge is -2.35. The lowest BCUT2D eigenvalue weighted by Crippen LogP contribution is -2.51. The molecule has 0 spiro atoms. The third-order valence-corrected chi connectivity index (χ3v) is 4.21. The summed E-state index contributed by atoms with van der Waals surface area (Å²) in [5.41, 5.74) is 1.21. The number of halogens is 1. The first-order chi connectivity index (χ1) is 8.78. The molecule has 2 aliphatic rings. The molecule has 0 amide bonds. The maximum absolute atomic E-state index is 6.07. The molecule has 1 N–H and O–H groups in total. The van der Waals surface area contributed by atoms with E-state index in [1.165, 1.54) is 18.5 Å². The molecule has 1 atom stereocenters. The standard InChI is InChI=1S/C14H19ClN2O/c1-18-14-8-11(4-5-12(14)15)17-7-6-16-13(9-17)10-2-3-10/h4-5,8,10,13,16H,2-3,6-7,9H2,1H3. The highest BCUT2D eigenvalue weighted by molar-refractivity contribution is 6.32. The van der Waals surface area contributed by atoms with Crippen LogP contribution in [0.2, 0.25) is 5.02 Å². The molecule has 1 aliphatic carbocycles. The van der Waals surface area contributed by atoms with Crippen molar-refractivity contribution in [1.82, 2.24) is 5.32 Å². The van der Waals surface area contributed by atoms with Crippen molar-refractivity contribution in [3.63, 3.8) is 0 Å². The summed E-state index contributed by atoms with van der Waals surface area (Å²) in [6.07, 6.45) is 2.77. The van der Waals surface area contributed by atoms with Gasteiger partial charge in [0.15, 0.2) is 0 Å². The summed E-state index contributed by atoms with van der Waals surface area (Å²) in [6, 6.07) is 6.70. The molecule has 3 nitrogen and oxygen atoms in total. The van der Waals surface area contributed by atoms with Crippen molar-refractivity contribution in [2.45, 2.75) is 18.9 Å². The molecule has 1 heterocycles. The van der Waals surface area contributed by atoms with E-state index in [1.54, 1.807) is 7.11 Å². The number of hydrogen-bond acceptors (Lipinski definition) is 3. The zero-order chi connectivity index (χ0) is 12.5. The van der Waals surface area contributed by atoms with Crippen LogP contribution in [0.1, 0.15) is 12.8 Å². The van der Waals surface area contributed by atoms with Gasteiger partial charge in [0.25, 0.3) is 0 Å². The lowest BCUT2D eigenvalue weighted by atomic mass is 10.1. The van der Waals surface area contributed by atoms with E-state index >= 15 is 0 Å². The number of rotatable bonds is 3. The fourth-order valence-electron chi connectivity index (χ4n) is 2.67. The van der Waals surface area contributed by atoms with Gasteiger partial charge in [-0.2, -0.15) is 0 Å². The van der Waals surface area contributed by atoms with E-state index in [-0.39, 0.29) is 0 Å². The van der Waals surface area contributed by atoms with Crippen molar-refractivity contribution in [3.8, 4) is 5.75 Å². The minimum absolute atomic E-state index is 0.653. The zero-order valence-corrected chi connectivity index (χ0v) is 11.4. The molecule has 0 bridgehead atoms. The Hall–Kier alpha value is -0.930. The Balaban J connectivity index is 1.76. The number of anilines is 1. The molecule has 0 radical (unpaired) electrons. The van der Waals surface area contributed by atoms with E-state index in [4.69, 9.17) is 16.3 Å². The summed E-state index contributed by atoms with van der Waals surface area (Å²) in [7, 11) is 1.66. The van der Waals surface area contributed by atoms with E-state index in [0.717, 1.165) is 31.3 Å². The second-order valence-electron chi connectivity index (χ2n) is 5.16. The SMILES string of the molecule is COc1cc(N2CCNC(C3CC3)C2)ccc1Cl. The van der Waals surface area contributed by atoms with Gasteiger partial charge in [-0.3, -0.25) is 0 Å². The molecule has 2 fully saturated rings. The van der Waals surface area contributed by atoms with E-state index in [1.807, 2.05) is 12.1 Å². The molecule has 1 aromatic carbocycles. The highest BCUT2D eigenvalue weighted by Gasteiger charge is 2.34. The van der Waals surface area contributed by atoms with Crippen LogP contribution in [-0.2, 0) is 0 Å². The Morgan fingerprint density at radius 1 is 1.39 bits per heavy atom. The molecule has 18 heavy (non-hydrogen) atoms. The second kappa shape index (κ2) is 4.98. The Morgan fingerprint density at radius 2 is 2.22 bits per heavy atom. The smallest absolute Gasteiger partial charge is 0.139 e. The van der Waals surface area contributed by atoms with Crippen LogP contribution < -0.4 is 15.0 Å². The van der Waals surface area contributed by atoms with Crippen LogP contribution in [0.25, 0.3) is 0 Å². The number of nitrogens with one attached hydrogen (secondary N) is 1. The van der Waals surface area contributed by atoms with Crippen molar-refractivity contribution in [1.29, 1.82) is 0 Å². The summed E-state index contributed by atoms with van der Waals surface area (Å²) in [5, 5.41) is 4.30. The number of ether oxygens (including phenoxy) is 1. The van der Waals surface area contributed by atoms with E-state index in [2.05, 4.69) is 16.3 Å². The number of nitrogens with zero attached hydrogens (tertiary/aromatic N) is 1. The number of hydrogen-bond donors (Lipinski definition) is 1. The van der Waals surface area contributed by atoms with E-state index in [9.17, 15) is 0 Å². The van der Waals surface area contributed by atoms with Gasteiger partial charge in [-0.1, -0.05) is 11.6 Å². The van der Waals surface area contributed by atoms with Crippen molar-refractivity contribution in [2.24, 2.45) is 5.92 Å². The molecule has 1 saturated carbocycles. The fourth-order valence-corrected chi connectivity index (χ4v) is 2.87. The summed E-state index contributed by atoms with van der Waals surface area (Å²) >= 11 is 6.07. The molecule has 1 unspecified atom stereocenters. The van der Waals surface area contributed by atoms with Crippen molar-refractivity contribution in [3.05, 3.63) is 23.2 Å². The molecule has 0 aromatic heterocycles. The maximum Gasteiger partial charge on any atom is 0.139 e. The quantitative estimate of drug-likeness (QED) is 0.910. The van der Waals surface area contributed by atoms with Gasteiger partial charge >= 0.3 is 0 Å². The third kappa shape index (κ3) is 2.43. The Kier molecular flexibility index (Phi) is 3.35. The Bertz CT molecular complexity index is 434. The number of piperazine rings is 1. The van der Waals surface area contributed by atoms with Crippen LogP contribution in [0.15, 0.2) is 18.2 Å². The second-order valence-corrected chi connectivity index (χ2v) is 5.57. The summed E-state index contributed by atoms with van der Waals surface area (Å²) in [6.45, 7) is 3.20. The first-order valence-corrected chi connectivity index (χ1v) is 6.97. The van der Waals surface area contributed by atoms with Crippen LogP contribution in [0.3, 0.4) is 0 Å². The van der Waals surface area contributed by atoms with E-state index in [0.29, 0.717) is 11.1 Å². The normalized spacial score (nSPS) is 24.1. The first-order valence-electron chi connectivity index (χ1n) is 6.60. The minimum Gasteiger partial charge on any atom is -0.495 e. The molecule has 4 heteroatoms. The zero-order valence-electron chi connectivity index (χ0n) is 10.7. The predicted octanol–water partition coefficient (Wildman–Crippen LogP) is 2.54. The Morgan fingerprint density at radius 3 is 2.94 bits per heavy atom. The largest absolute Gasteiger partial charge is 0.495 e. The van der Waals surface area contributed by atoms with Crippen LogP contribution in [0, 0.1) is 5.92 Å². The van der Waals surface area contributed by atoms with Gasteiger partial charge in [0.1, 0.15) is 5.75 Å². The predicted molar refractivity (Wildman–Crippen MR) is 74.7 cm³/mol. The average Bonchev–Trinajstić information content (AvgIpc) is 3.24. The Labute approximate surface area is 113 Å². The molecular weight excluding hydrogens is 248 g/mol. The number of benzene rings is 1. The van der Waals surface area contributed by atoms with Gasteiger partial charge in [-0.05, 0) is 30.9 Å². The van der Waals surface area contributed by atoms with Crippen LogP contribution in [-0.4, -0.2) is 32.8 Å². The maximum atomic E-state index is 6.07. The highest BCUT2D eigenvalue weighted by Crippen LogP contribution is 2.35. The molecule has 1 saturated heterocycles. The van der Waals surface area contributed by atoms with Gasteiger partial charge in [0.2, 0.25) is 0 Å². The summed E-state index contributed by atoms with van der Waals surface area (Å²) in [5.74, 6) is 1.65. The average molecular weight is 267 g/mol. The molecule has 1 aromatic rings. The van der Waals surface area contributed by atoms with Crippen LogP contribution in [0.5, 0.6) is 5.75 Å². The highest BCUT2D eigenvalue weighted by atomic mass is 35.5. The van der Waals surface area contributed by atoms with Crippen molar-refractivity contribution >= 4 is 17.3 Å². The first kappa shape index (κ1) is 12.1. The van der Waals surface area contributed by atoms with Crippen molar-refractivity contribution < 1.29 is 4.74 Å². The summed E-state index contributed by atoms with van der Waals surface area (Å²) < 4.78 is 5.29. The topological polar surface area (TPSA) is 24.5 Å². The minimum atomic E-state index is 0.653.